The zero-order valence-corrected chi connectivity index (χ0v) is 12.7. The maximum absolute atomic E-state index is 13.5. The molecule has 1 aliphatic heterocycles. The van der Waals surface area contributed by atoms with Gasteiger partial charge in [-0.1, -0.05) is 6.07 Å². The predicted molar refractivity (Wildman–Crippen MR) is 76.5 cm³/mol. The van der Waals surface area contributed by atoms with Gasteiger partial charge < -0.3 is 5.32 Å². The minimum atomic E-state index is -3.57. The van der Waals surface area contributed by atoms with E-state index in [9.17, 15) is 12.8 Å². The van der Waals surface area contributed by atoms with Gasteiger partial charge in [0.25, 0.3) is 0 Å². The van der Waals surface area contributed by atoms with Crippen molar-refractivity contribution < 1.29 is 12.8 Å². The van der Waals surface area contributed by atoms with E-state index in [1.807, 2.05) is 7.05 Å². The van der Waals surface area contributed by atoms with Crippen molar-refractivity contribution in [2.24, 2.45) is 5.92 Å². The third-order valence-electron chi connectivity index (χ3n) is 3.85. The van der Waals surface area contributed by atoms with Crippen LogP contribution in [-0.4, -0.2) is 39.4 Å². The van der Waals surface area contributed by atoms with Gasteiger partial charge in [0.1, 0.15) is 5.82 Å². The molecule has 1 heterocycles. The van der Waals surface area contributed by atoms with Gasteiger partial charge in [-0.3, -0.25) is 0 Å². The van der Waals surface area contributed by atoms with E-state index in [2.05, 4.69) is 5.32 Å². The van der Waals surface area contributed by atoms with Gasteiger partial charge in [-0.15, -0.1) is 0 Å². The Morgan fingerprint density at radius 1 is 1.35 bits per heavy atom. The first kappa shape index (κ1) is 15.4. The van der Waals surface area contributed by atoms with E-state index in [4.69, 9.17) is 0 Å². The van der Waals surface area contributed by atoms with Crippen molar-refractivity contribution in [1.82, 2.24) is 9.62 Å². The number of nitrogens with zero attached hydrogens (tertiary/aromatic N) is 1. The molecular formula is C14H21FN2O2S. The fourth-order valence-electron chi connectivity index (χ4n) is 2.53. The largest absolute Gasteiger partial charge is 0.319 e. The first-order chi connectivity index (χ1) is 9.45. The van der Waals surface area contributed by atoms with Gasteiger partial charge >= 0.3 is 0 Å². The Morgan fingerprint density at radius 3 is 2.55 bits per heavy atom. The van der Waals surface area contributed by atoms with Crippen LogP contribution in [0.2, 0.25) is 0 Å². The van der Waals surface area contributed by atoms with E-state index < -0.39 is 15.8 Å². The van der Waals surface area contributed by atoms with E-state index in [0.717, 1.165) is 25.5 Å². The number of sulfonamides is 1. The highest BCUT2D eigenvalue weighted by molar-refractivity contribution is 7.89. The quantitative estimate of drug-likeness (QED) is 0.922. The molecule has 0 bridgehead atoms. The fraction of sp³-hybridized carbons (Fsp3) is 0.571. The molecule has 2 rings (SSSR count). The lowest BCUT2D eigenvalue weighted by atomic mass is 9.98. The zero-order valence-electron chi connectivity index (χ0n) is 11.9. The van der Waals surface area contributed by atoms with E-state index >= 15 is 0 Å². The molecule has 0 aliphatic carbocycles. The Kier molecular flexibility index (Phi) is 4.78. The number of benzene rings is 1. The van der Waals surface area contributed by atoms with E-state index in [-0.39, 0.29) is 4.90 Å². The molecule has 1 fully saturated rings. The van der Waals surface area contributed by atoms with Crippen LogP contribution in [0.25, 0.3) is 0 Å². The van der Waals surface area contributed by atoms with Crippen molar-refractivity contribution in [2.75, 3.05) is 26.7 Å². The maximum Gasteiger partial charge on any atom is 0.243 e. The van der Waals surface area contributed by atoms with Crippen LogP contribution in [0.1, 0.15) is 18.4 Å². The van der Waals surface area contributed by atoms with Gasteiger partial charge in [0.05, 0.1) is 4.90 Å². The molecule has 112 valence electrons. The highest BCUT2D eigenvalue weighted by Gasteiger charge is 2.29. The smallest absolute Gasteiger partial charge is 0.243 e. The van der Waals surface area contributed by atoms with Crippen molar-refractivity contribution in [3.05, 3.63) is 29.6 Å². The van der Waals surface area contributed by atoms with Crippen LogP contribution < -0.4 is 5.32 Å². The molecule has 20 heavy (non-hydrogen) atoms. The van der Waals surface area contributed by atoms with Crippen molar-refractivity contribution in [2.45, 2.75) is 24.7 Å². The van der Waals surface area contributed by atoms with E-state index in [0.29, 0.717) is 24.6 Å². The Hall–Kier alpha value is -0.980. The summed E-state index contributed by atoms with van der Waals surface area (Å²) >= 11 is 0. The summed E-state index contributed by atoms with van der Waals surface area (Å²) in [5.74, 6) is 0.0392. The summed E-state index contributed by atoms with van der Waals surface area (Å²) in [6.45, 7) is 3.54. The molecular weight excluding hydrogens is 279 g/mol. The molecule has 0 atom stereocenters. The highest BCUT2D eigenvalue weighted by Crippen LogP contribution is 2.24. The first-order valence-corrected chi connectivity index (χ1v) is 8.30. The summed E-state index contributed by atoms with van der Waals surface area (Å²) in [6.07, 6.45) is 1.68. The third-order valence-corrected chi connectivity index (χ3v) is 5.74. The lowest BCUT2D eigenvalue weighted by Gasteiger charge is -2.31. The summed E-state index contributed by atoms with van der Waals surface area (Å²) in [4.78, 5) is 0.0488. The Morgan fingerprint density at radius 2 is 2.00 bits per heavy atom. The van der Waals surface area contributed by atoms with Gasteiger partial charge in [-0.2, -0.15) is 4.31 Å². The average Bonchev–Trinajstić information content (AvgIpc) is 2.43. The maximum atomic E-state index is 13.5. The van der Waals surface area contributed by atoms with Crippen LogP contribution in [0.4, 0.5) is 4.39 Å². The molecule has 0 unspecified atom stereocenters. The highest BCUT2D eigenvalue weighted by atomic mass is 32.2. The van der Waals surface area contributed by atoms with E-state index in [1.54, 1.807) is 6.92 Å². The SMILES string of the molecule is CNCC1CCN(S(=O)(=O)c2ccc(C)c(F)c2)CC1. The van der Waals surface area contributed by atoms with Crippen LogP contribution in [0.15, 0.2) is 23.1 Å². The van der Waals surface area contributed by atoms with Crippen LogP contribution >= 0.6 is 0 Å². The van der Waals surface area contributed by atoms with Crippen molar-refractivity contribution >= 4 is 10.0 Å². The van der Waals surface area contributed by atoms with Crippen LogP contribution in [0.5, 0.6) is 0 Å². The Labute approximate surface area is 120 Å². The summed E-state index contributed by atoms with van der Waals surface area (Å²) in [7, 11) is -1.67. The summed E-state index contributed by atoms with van der Waals surface area (Å²) in [6, 6.07) is 4.10. The Balaban J connectivity index is 2.13. The predicted octanol–water partition coefficient (Wildman–Crippen LogP) is 1.75. The van der Waals surface area contributed by atoms with Gasteiger partial charge in [-0.25, -0.2) is 12.8 Å². The zero-order chi connectivity index (χ0) is 14.8. The number of nitrogens with one attached hydrogen (secondary N) is 1. The van der Waals surface area contributed by atoms with Crippen molar-refractivity contribution in [3.8, 4) is 0 Å². The van der Waals surface area contributed by atoms with Crippen LogP contribution in [-0.2, 0) is 10.0 Å². The molecule has 0 radical (unpaired) electrons. The van der Waals surface area contributed by atoms with Crippen molar-refractivity contribution in [1.29, 1.82) is 0 Å². The summed E-state index contributed by atoms with van der Waals surface area (Å²) < 4.78 is 39.9. The van der Waals surface area contributed by atoms with Crippen LogP contribution in [0.3, 0.4) is 0 Å². The second-order valence-electron chi connectivity index (χ2n) is 5.32. The second kappa shape index (κ2) is 6.20. The van der Waals surface area contributed by atoms with Gasteiger partial charge in [-0.05, 0) is 57.0 Å². The Bertz CT molecular complexity index is 567. The number of hydrogen-bond donors (Lipinski definition) is 1. The van der Waals surface area contributed by atoms with Gasteiger partial charge in [0.2, 0.25) is 10.0 Å². The number of aryl methyl sites for hydroxylation is 1. The summed E-state index contributed by atoms with van der Waals surface area (Å²) in [5.41, 5.74) is 0.455. The number of rotatable bonds is 4. The van der Waals surface area contributed by atoms with E-state index in [1.165, 1.54) is 16.4 Å². The lowest BCUT2D eigenvalue weighted by molar-refractivity contribution is 0.270. The molecule has 0 spiro atoms. The minimum Gasteiger partial charge on any atom is -0.319 e. The fourth-order valence-corrected chi connectivity index (χ4v) is 4.01. The molecule has 1 saturated heterocycles. The van der Waals surface area contributed by atoms with Gasteiger partial charge in [0, 0.05) is 13.1 Å². The molecule has 0 aromatic heterocycles. The number of piperidine rings is 1. The minimum absolute atomic E-state index is 0.0488. The normalized spacial score (nSPS) is 18.4. The molecule has 1 aromatic carbocycles. The molecule has 1 aromatic rings. The molecule has 4 nitrogen and oxygen atoms in total. The molecule has 1 N–H and O–H groups in total. The first-order valence-electron chi connectivity index (χ1n) is 6.86. The van der Waals surface area contributed by atoms with Gasteiger partial charge in [0.15, 0.2) is 0 Å². The average molecular weight is 300 g/mol. The molecule has 1 aliphatic rings. The van der Waals surface area contributed by atoms with Crippen LogP contribution in [0, 0.1) is 18.7 Å². The van der Waals surface area contributed by atoms with Crippen molar-refractivity contribution in [3.63, 3.8) is 0 Å². The monoisotopic (exact) mass is 300 g/mol. The number of hydrogen-bond acceptors (Lipinski definition) is 3. The molecule has 6 heteroatoms. The third kappa shape index (κ3) is 3.19. The lowest BCUT2D eigenvalue weighted by Crippen LogP contribution is -2.40. The second-order valence-corrected chi connectivity index (χ2v) is 7.25. The summed E-state index contributed by atoms with van der Waals surface area (Å²) in [5, 5.41) is 3.12. The number of halogens is 1. The topological polar surface area (TPSA) is 49.4 Å². The molecule has 0 saturated carbocycles. The molecule has 0 amide bonds. The standard InChI is InChI=1S/C14H21FN2O2S/c1-11-3-4-13(9-14(11)15)20(18,19)17-7-5-12(6-8-17)10-16-2/h3-4,9,12,16H,5-8,10H2,1-2H3.